The maximum Gasteiger partial charge on any atom is 0.143 e. The first kappa shape index (κ1) is 41.2. The summed E-state index contributed by atoms with van der Waals surface area (Å²) in [4.78, 5) is 0. The summed E-state index contributed by atoms with van der Waals surface area (Å²) in [6.45, 7) is 0. The van der Waals surface area contributed by atoms with E-state index in [0.717, 1.165) is 43.8 Å². The summed E-state index contributed by atoms with van der Waals surface area (Å²) in [5, 5.41) is 14.8. The average Bonchev–Trinajstić information content (AvgIpc) is 0.973. The molecule has 0 radical (unpaired) electrons. The average molecular weight is 1080 g/mol. The second kappa shape index (κ2) is 20.6. The highest BCUT2D eigenvalue weighted by Crippen LogP contribution is 2.46. The zero-order chi connectivity index (χ0) is 62.5. The Morgan fingerprint density at radius 3 is 1.26 bits per heavy atom. The van der Waals surface area contributed by atoms with Gasteiger partial charge in [-0.1, -0.05) is 279 Å². The predicted octanol–water partition coefficient (Wildman–Crippen LogP) is 23.3. The second-order valence-corrected chi connectivity index (χ2v) is 21.6. The van der Waals surface area contributed by atoms with Gasteiger partial charge in [0, 0.05) is 16.2 Å². The molecule has 16 aromatic carbocycles. The van der Waals surface area contributed by atoms with Crippen molar-refractivity contribution in [1.29, 1.82) is 0 Å². The highest BCUT2D eigenvalue weighted by atomic mass is 16.3. The van der Waals surface area contributed by atoms with Crippen LogP contribution in [0, 0.1) is 0 Å². The highest BCUT2D eigenvalue weighted by Gasteiger charge is 2.21. The molecule has 0 bridgehead atoms. The molecule has 0 atom stereocenters. The van der Waals surface area contributed by atoms with E-state index >= 15 is 0 Å². The Balaban J connectivity index is 0.000000151. The lowest BCUT2D eigenvalue weighted by atomic mass is 9.85. The fourth-order valence-corrected chi connectivity index (χ4v) is 12.9. The first-order chi connectivity index (χ1) is 45.0. The van der Waals surface area contributed by atoms with Gasteiger partial charge in [-0.05, 0) is 180 Å². The maximum absolute atomic E-state index is 9.32. The zero-order valence-electron chi connectivity index (χ0n) is 53.5. The number of hydrogen-bond acceptors (Lipinski definition) is 1. The minimum absolute atomic E-state index is 0.111. The van der Waals surface area contributed by atoms with Gasteiger partial charge in [0.2, 0.25) is 0 Å². The van der Waals surface area contributed by atoms with Crippen molar-refractivity contribution in [2.45, 2.75) is 6.42 Å². The van der Waals surface area contributed by atoms with E-state index in [1.807, 2.05) is 109 Å². The van der Waals surface area contributed by atoms with Crippen LogP contribution in [0.15, 0.2) is 320 Å². The molecule has 0 unspecified atom stereocenters. The molecule has 0 fully saturated rings. The summed E-state index contributed by atoms with van der Waals surface area (Å²) < 4.78 is 78.8. The zero-order valence-corrected chi connectivity index (χ0v) is 45.5. The molecule has 0 aliphatic rings. The Morgan fingerprint density at radius 2 is 0.667 bits per heavy atom. The van der Waals surface area contributed by atoms with Gasteiger partial charge in [-0.3, -0.25) is 0 Å². The Kier molecular flexibility index (Phi) is 10.1. The van der Waals surface area contributed by atoms with Gasteiger partial charge in [0.05, 0.1) is 11.0 Å². The number of hydrogen-bond donors (Lipinski definition) is 0. The summed E-state index contributed by atoms with van der Waals surface area (Å²) in [6, 6.07) is 89.9. The fourth-order valence-electron chi connectivity index (χ4n) is 12.9. The highest BCUT2D eigenvalue weighted by molar-refractivity contribution is 6.22. The molecule has 0 saturated carbocycles. The predicted molar refractivity (Wildman–Crippen MR) is 359 cm³/mol. The first-order valence-corrected chi connectivity index (χ1v) is 28.4. The molecule has 0 aliphatic carbocycles. The lowest BCUT2D eigenvalue weighted by molar-refractivity contribution is 0.672. The molecule has 0 spiro atoms. The Hall–Kier alpha value is -10.9. The topological polar surface area (TPSA) is 13.1 Å². The van der Waals surface area contributed by atoms with Crippen LogP contribution in [0.5, 0.6) is 0 Å². The van der Waals surface area contributed by atoms with Crippen molar-refractivity contribution in [3.8, 4) is 55.6 Å². The summed E-state index contributed by atoms with van der Waals surface area (Å²) >= 11 is 0. The van der Waals surface area contributed by atoms with Crippen LogP contribution in [-0.2, 0) is 6.42 Å². The third-order valence-corrected chi connectivity index (χ3v) is 16.8. The van der Waals surface area contributed by atoms with E-state index in [1.54, 1.807) is 0 Å². The van der Waals surface area contributed by atoms with E-state index in [0.29, 0.717) is 22.3 Å². The van der Waals surface area contributed by atoms with E-state index < -0.39 is 24.2 Å². The number of benzene rings is 16. The summed E-state index contributed by atoms with van der Waals surface area (Å²) in [7, 11) is 0. The molecular formula is C83H54O. The fraction of sp³-hybridized carbons (Fsp3) is 0.0120. The third kappa shape index (κ3) is 8.48. The number of furan rings is 1. The first-order valence-electron chi connectivity index (χ1n) is 32.4. The lowest BCUT2D eigenvalue weighted by Gasteiger charge is -2.18. The van der Waals surface area contributed by atoms with Crippen LogP contribution in [-0.4, -0.2) is 0 Å². The van der Waals surface area contributed by atoms with Crippen LogP contribution in [0.1, 0.15) is 22.1 Å². The number of fused-ring (bicyclic) bond motifs is 11. The van der Waals surface area contributed by atoms with Crippen molar-refractivity contribution >= 4 is 97.3 Å². The van der Waals surface area contributed by atoms with Crippen LogP contribution >= 0.6 is 0 Å². The van der Waals surface area contributed by atoms with Gasteiger partial charge >= 0.3 is 0 Å². The van der Waals surface area contributed by atoms with Crippen molar-refractivity contribution in [2.24, 2.45) is 0 Å². The Bertz CT molecular complexity index is 5770. The third-order valence-electron chi connectivity index (χ3n) is 16.8. The molecule has 1 aromatic heterocycles. The molecule has 17 rings (SSSR count). The van der Waals surface area contributed by atoms with E-state index in [9.17, 15) is 5.48 Å². The molecule has 0 N–H and O–H groups in total. The maximum atomic E-state index is 9.32. The standard InChI is InChI=1S/C43H28O.C40H26/c1-2-12-28(13-3-1)30-15-10-16-31(26-30)41-36-21-8-6-19-34(36)39(35-20-7-9-22-37(35)41)27-32-17-11-23-40-42(32)38-25-24-29-14-4-5-18-33(29)43(38)44-40;1-3-12-29-24-32(22-20-27(29)10-1)31-14-9-15-33(26-31)39-35-16-5-7-18-37(35)40(38-19-8-6-17-36(38)39)34-23-21-28-11-2-4-13-30(28)25-34/h1-26H,27H2;1-26H/i6D,7D,8D,9D,19D,20D,21D,22D;. The molecular weight excluding hydrogens is 1010 g/mol. The molecule has 0 saturated heterocycles. The monoisotopic (exact) mass is 1070 g/mol. The van der Waals surface area contributed by atoms with Gasteiger partial charge in [-0.25, -0.2) is 0 Å². The minimum Gasteiger partial charge on any atom is -0.455 e. The van der Waals surface area contributed by atoms with Crippen molar-refractivity contribution in [2.75, 3.05) is 0 Å². The smallest absolute Gasteiger partial charge is 0.143 e. The lowest BCUT2D eigenvalue weighted by Crippen LogP contribution is -1.96. The molecule has 0 amide bonds. The van der Waals surface area contributed by atoms with Gasteiger partial charge in [0.15, 0.2) is 0 Å². The Morgan fingerprint density at radius 1 is 0.262 bits per heavy atom. The second-order valence-electron chi connectivity index (χ2n) is 21.6. The van der Waals surface area contributed by atoms with Crippen molar-refractivity contribution in [3.05, 3.63) is 326 Å². The normalized spacial score (nSPS) is 13.0. The van der Waals surface area contributed by atoms with Crippen LogP contribution in [0.3, 0.4) is 0 Å². The largest absolute Gasteiger partial charge is 0.455 e. The quantitative estimate of drug-likeness (QED) is 0.145. The van der Waals surface area contributed by atoms with Gasteiger partial charge in [0.25, 0.3) is 0 Å². The van der Waals surface area contributed by atoms with Crippen molar-refractivity contribution in [1.82, 2.24) is 0 Å². The van der Waals surface area contributed by atoms with Gasteiger partial charge < -0.3 is 4.42 Å². The van der Waals surface area contributed by atoms with E-state index in [-0.39, 0.29) is 52.1 Å². The van der Waals surface area contributed by atoms with Crippen LogP contribution in [0.2, 0.25) is 0 Å². The van der Waals surface area contributed by atoms with Gasteiger partial charge in [-0.2, -0.15) is 0 Å². The van der Waals surface area contributed by atoms with Crippen LogP contribution in [0.4, 0.5) is 0 Å². The molecule has 17 aromatic rings. The molecule has 1 nitrogen and oxygen atoms in total. The minimum atomic E-state index is -0.418. The molecule has 0 aliphatic heterocycles. The summed E-state index contributed by atoms with van der Waals surface area (Å²) in [5.74, 6) is 0. The van der Waals surface area contributed by atoms with E-state index in [4.69, 9.17) is 9.90 Å². The Labute approximate surface area is 498 Å². The van der Waals surface area contributed by atoms with Crippen LogP contribution in [0.25, 0.3) is 153 Å². The molecule has 392 valence electrons. The summed E-state index contributed by atoms with van der Waals surface area (Å²) in [5.41, 5.74) is 12.8. The molecule has 84 heavy (non-hydrogen) atoms. The van der Waals surface area contributed by atoms with Crippen molar-refractivity contribution < 1.29 is 15.4 Å². The van der Waals surface area contributed by atoms with Crippen molar-refractivity contribution in [3.63, 3.8) is 0 Å². The number of rotatable bonds is 7. The van der Waals surface area contributed by atoms with Gasteiger partial charge in [-0.15, -0.1) is 0 Å². The van der Waals surface area contributed by atoms with E-state index in [2.05, 4.69) is 158 Å². The summed E-state index contributed by atoms with van der Waals surface area (Å²) in [6.07, 6.45) is 0.111. The SMILES string of the molecule is [2H]c1c([2H])c([2H])c2c(-c3cccc(-c4ccccc4)c3)c3c([2H])c([2H])c([2H])c([2H])c3c(Cc3cccc4oc5c6ccccc6ccc5c34)c2c1[2H].c1cc(-c2ccc3ccccc3c2)cc(-c2c3ccccc3c(-c3ccc4ccccc4c3)c3ccccc23)c1. The van der Waals surface area contributed by atoms with E-state index in [1.165, 1.54) is 76.5 Å². The molecule has 1 heterocycles. The molecule has 1 heteroatoms. The van der Waals surface area contributed by atoms with Gasteiger partial charge in [0.1, 0.15) is 11.2 Å². The van der Waals surface area contributed by atoms with Crippen LogP contribution < -0.4 is 0 Å².